The summed E-state index contributed by atoms with van der Waals surface area (Å²) in [6, 6.07) is 32.4. The molecule has 49 heavy (non-hydrogen) atoms. The Morgan fingerprint density at radius 2 is 1.61 bits per heavy atom. The maximum atomic E-state index is 12.4. The van der Waals surface area contributed by atoms with Crippen molar-refractivity contribution in [1.29, 1.82) is 0 Å². The summed E-state index contributed by atoms with van der Waals surface area (Å²) in [6.07, 6.45) is 2.98. The zero-order chi connectivity index (χ0) is 34.4. The van der Waals surface area contributed by atoms with Crippen molar-refractivity contribution >= 4 is 23.6 Å². The highest BCUT2D eigenvalue weighted by Crippen LogP contribution is 2.40. The normalized spacial score (nSPS) is 17.3. The molecule has 1 aliphatic rings. The molecule has 258 valence electrons. The third-order valence-corrected chi connectivity index (χ3v) is 9.68. The minimum atomic E-state index is -0.541. The first-order chi connectivity index (χ1) is 23.9. The molecule has 1 aliphatic heterocycles. The lowest BCUT2D eigenvalue weighted by Gasteiger charge is -2.36. The molecule has 0 saturated carbocycles. The van der Waals surface area contributed by atoms with E-state index in [1.807, 2.05) is 54.6 Å². The second-order valence-electron chi connectivity index (χ2n) is 12.2. The minimum Gasteiger partial charge on any atom is -0.496 e. The molecule has 0 unspecified atom stereocenters. The monoisotopic (exact) mass is 682 g/mol. The summed E-state index contributed by atoms with van der Waals surface area (Å²) in [5, 5.41) is 15.3. The largest absolute Gasteiger partial charge is 0.496 e. The summed E-state index contributed by atoms with van der Waals surface area (Å²) >= 11 is 1.72. The lowest BCUT2D eigenvalue weighted by atomic mass is 9.99. The first-order valence-electron chi connectivity index (χ1n) is 16.9. The van der Waals surface area contributed by atoms with E-state index in [1.54, 1.807) is 18.9 Å². The zero-order valence-corrected chi connectivity index (χ0v) is 29.0. The number of aliphatic hydroxyl groups excluding tert-OH is 1. The number of rotatable bonds is 16. The van der Waals surface area contributed by atoms with Gasteiger partial charge in [-0.05, 0) is 58.9 Å². The highest BCUT2D eigenvalue weighted by molar-refractivity contribution is 7.99. The number of thioether (sulfide) groups is 1. The number of hydrogen-bond acceptors (Lipinski definition) is 7. The number of carbonyl (C=O) groups is 2. The van der Waals surface area contributed by atoms with Gasteiger partial charge in [-0.3, -0.25) is 9.59 Å². The van der Waals surface area contributed by atoms with E-state index < -0.39 is 6.29 Å². The van der Waals surface area contributed by atoms with E-state index >= 15 is 0 Å². The molecule has 0 aliphatic carbocycles. The van der Waals surface area contributed by atoms with E-state index in [2.05, 4.69) is 53.1 Å². The molecular formula is C40H46N2O6S. The number of ether oxygens (including phenoxy) is 3. The summed E-state index contributed by atoms with van der Waals surface area (Å²) < 4.78 is 18.7. The standard InChI is InChI=1S/C40H46N2O6S/c1-28(44)41-22-7-3-4-13-39(45)42-25-30-9-8-10-34(23-30)31-18-20-33(21-19-31)40-47-35(27-49-38-12-6-5-11-36(38)46-2)24-37(48-40)32-16-14-29(26-43)15-17-32/h5-6,8-12,14-21,23,35,37,40,43H,3-4,7,13,22,24-27H2,1-2H3,(H,41,44)(H,42,45)/t35-,37+,40+/m0/s1. The number of aliphatic hydroxyl groups is 1. The van der Waals surface area contributed by atoms with Crippen LogP contribution in [0.3, 0.4) is 0 Å². The Morgan fingerprint density at radius 1 is 0.837 bits per heavy atom. The van der Waals surface area contributed by atoms with Crippen LogP contribution in [0.15, 0.2) is 102 Å². The van der Waals surface area contributed by atoms with Gasteiger partial charge in [-0.2, -0.15) is 0 Å². The van der Waals surface area contributed by atoms with Gasteiger partial charge in [0.15, 0.2) is 6.29 Å². The van der Waals surface area contributed by atoms with E-state index in [4.69, 9.17) is 14.2 Å². The lowest BCUT2D eigenvalue weighted by molar-refractivity contribution is -0.245. The predicted molar refractivity (Wildman–Crippen MR) is 193 cm³/mol. The highest BCUT2D eigenvalue weighted by Gasteiger charge is 2.32. The molecule has 0 aromatic heterocycles. The fraction of sp³-hybridized carbons (Fsp3) is 0.350. The van der Waals surface area contributed by atoms with Gasteiger partial charge in [0.25, 0.3) is 0 Å². The summed E-state index contributed by atoms with van der Waals surface area (Å²) in [5.74, 6) is 1.60. The smallest absolute Gasteiger partial charge is 0.220 e. The van der Waals surface area contributed by atoms with Gasteiger partial charge in [-0.25, -0.2) is 0 Å². The molecule has 1 heterocycles. The molecule has 3 N–H and O–H groups in total. The predicted octanol–water partition coefficient (Wildman–Crippen LogP) is 7.50. The average Bonchev–Trinajstić information content (AvgIpc) is 3.14. The summed E-state index contributed by atoms with van der Waals surface area (Å²) in [5.41, 5.74) is 6.02. The van der Waals surface area contributed by atoms with Crippen molar-refractivity contribution in [3.8, 4) is 16.9 Å². The van der Waals surface area contributed by atoms with Crippen molar-refractivity contribution in [1.82, 2.24) is 10.6 Å². The van der Waals surface area contributed by atoms with Crippen molar-refractivity contribution in [2.75, 3.05) is 19.4 Å². The molecule has 3 atom stereocenters. The number of benzene rings is 4. The number of hydrogen-bond donors (Lipinski definition) is 3. The molecule has 1 saturated heterocycles. The topological polar surface area (TPSA) is 106 Å². The third-order valence-electron chi connectivity index (χ3n) is 8.50. The molecule has 8 nitrogen and oxygen atoms in total. The van der Waals surface area contributed by atoms with Crippen molar-refractivity contribution in [3.05, 3.63) is 119 Å². The average molecular weight is 683 g/mol. The molecule has 0 spiro atoms. The number of nitrogens with one attached hydrogen (secondary N) is 2. The number of carbonyl (C=O) groups excluding carboxylic acids is 2. The van der Waals surface area contributed by atoms with E-state index in [-0.39, 0.29) is 30.6 Å². The fourth-order valence-electron chi connectivity index (χ4n) is 5.78. The Bertz CT molecular complexity index is 1650. The minimum absolute atomic E-state index is 0.00262. The van der Waals surface area contributed by atoms with Crippen LogP contribution in [-0.2, 0) is 32.2 Å². The number of methoxy groups -OCH3 is 1. The van der Waals surface area contributed by atoms with Crippen molar-refractivity contribution < 1.29 is 28.9 Å². The van der Waals surface area contributed by atoms with E-state index in [0.717, 1.165) is 69.0 Å². The van der Waals surface area contributed by atoms with Gasteiger partial charge >= 0.3 is 0 Å². The quantitative estimate of drug-likeness (QED) is 0.0830. The second-order valence-corrected chi connectivity index (χ2v) is 13.3. The SMILES string of the molecule is COc1ccccc1SC[C@@H]1C[C@H](c2ccc(CO)cc2)O[C@H](c2ccc(-c3cccc(CNC(=O)CCCCCNC(C)=O)c3)cc2)O1. The maximum Gasteiger partial charge on any atom is 0.220 e. The van der Waals surface area contributed by atoms with E-state index in [9.17, 15) is 14.7 Å². The van der Waals surface area contributed by atoms with Crippen LogP contribution in [0, 0.1) is 0 Å². The van der Waals surface area contributed by atoms with Gasteiger partial charge in [0.2, 0.25) is 11.8 Å². The maximum absolute atomic E-state index is 12.4. The molecular weight excluding hydrogens is 637 g/mol. The summed E-state index contributed by atoms with van der Waals surface area (Å²) in [7, 11) is 1.69. The van der Waals surface area contributed by atoms with Gasteiger partial charge in [0.05, 0.1) is 25.9 Å². The second kappa shape index (κ2) is 18.6. The van der Waals surface area contributed by atoms with Crippen LogP contribution in [0.4, 0.5) is 0 Å². The zero-order valence-electron chi connectivity index (χ0n) is 28.2. The molecule has 4 aromatic carbocycles. The molecule has 2 amide bonds. The Balaban J connectivity index is 1.21. The van der Waals surface area contributed by atoms with Gasteiger partial charge in [0.1, 0.15) is 5.75 Å². The molecule has 4 aromatic rings. The van der Waals surface area contributed by atoms with Gasteiger partial charge < -0.3 is 30.0 Å². The Kier molecular flexibility index (Phi) is 13.7. The molecule has 9 heteroatoms. The van der Waals surface area contributed by atoms with Crippen LogP contribution in [-0.4, -0.2) is 42.4 Å². The molecule has 0 bridgehead atoms. The molecule has 0 radical (unpaired) electrons. The van der Waals surface area contributed by atoms with Crippen LogP contribution in [0.25, 0.3) is 11.1 Å². The Labute approximate surface area is 293 Å². The van der Waals surface area contributed by atoms with Crippen molar-refractivity contribution in [2.45, 2.75) is 75.6 Å². The fourth-order valence-corrected chi connectivity index (χ4v) is 6.83. The first-order valence-corrected chi connectivity index (χ1v) is 17.9. The molecule has 5 rings (SSSR count). The summed E-state index contributed by atoms with van der Waals surface area (Å²) in [4.78, 5) is 24.4. The van der Waals surface area contributed by atoms with Gasteiger partial charge in [-0.15, -0.1) is 11.8 Å². The summed E-state index contributed by atoms with van der Waals surface area (Å²) in [6.45, 7) is 2.63. The van der Waals surface area contributed by atoms with Crippen LogP contribution in [0.2, 0.25) is 0 Å². The third kappa shape index (κ3) is 10.9. The number of para-hydroxylation sites is 1. The first kappa shape index (κ1) is 36.1. The van der Waals surface area contributed by atoms with E-state index in [0.29, 0.717) is 25.9 Å². The van der Waals surface area contributed by atoms with E-state index in [1.165, 1.54) is 6.92 Å². The van der Waals surface area contributed by atoms with Crippen LogP contribution < -0.4 is 15.4 Å². The van der Waals surface area contributed by atoms with Crippen LogP contribution >= 0.6 is 11.8 Å². The lowest BCUT2D eigenvalue weighted by Crippen LogP contribution is -2.31. The highest BCUT2D eigenvalue weighted by atomic mass is 32.2. The van der Waals surface area contributed by atoms with Crippen LogP contribution in [0.5, 0.6) is 5.75 Å². The Morgan fingerprint density at radius 3 is 2.37 bits per heavy atom. The number of unbranched alkanes of at least 4 members (excludes halogenated alkanes) is 2. The van der Waals surface area contributed by atoms with Crippen molar-refractivity contribution in [2.24, 2.45) is 0 Å². The van der Waals surface area contributed by atoms with Crippen LogP contribution in [0.1, 0.15) is 73.7 Å². The number of amides is 2. The Hall–Kier alpha value is -4.15. The van der Waals surface area contributed by atoms with Crippen molar-refractivity contribution in [3.63, 3.8) is 0 Å². The molecule has 1 fully saturated rings. The van der Waals surface area contributed by atoms with Gasteiger partial charge in [-0.1, -0.05) is 85.3 Å². The van der Waals surface area contributed by atoms with Gasteiger partial charge in [0, 0.05) is 49.1 Å².